The largest absolute Gasteiger partial charge is 0.399 e. The molecule has 0 atom stereocenters. The predicted octanol–water partition coefficient (Wildman–Crippen LogP) is 9.53. The van der Waals surface area contributed by atoms with Crippen molar-refractivity contribution < 1.29 is 4.79 Å². The van der Waals surface area contributed by atoms with Crippen LogP contribution in [0.4, 0.5) is 11.4 Å². The maximum Gasteiger partial charge on any atom is 0.221 e. The van der Waals surface area contributed by atoms with Gasteiger partial charge in [-0.1, -0.05) is 90.9 Å². The smallest absolute Gasteiger partial charge is 0.221 e. The molecule has 3 nitrogen and oxygen atoms in total. The highest BCUT2D eigenvalue weighted by Crippen LogP contribution is 2.21. The van der Waals surface area contributed by atoms with Gasteiger partial charge in [-0.2, -0.15) is 0 Å². The number of aryl methyl sites for hydroxylation is 3. The Labute approximate surface area is 221 Å². The lowest BCUT2D eigenvalue weighted by Crippen LogP contribution is -2.06. The minimum absolute atomic E-state index is 0. The van der Waals surface area contributed by atoms with E-state index in [1.54, 1.807) is 0 Å². The van der Waals surface area contributed by atoms with Crippen molar-refractivity contribution in [2.24, 2.45) is 0 Å². The molecule has 36 heavy (non-hydrogen) atoms. The van der Waals surface area contributed by atoms with E-state index in [1.807, 2.05) is 31.2 Å². The third kappa shape index (κ3) is 12.6. The molecule has 1 amide bonds. The first-order valence-corrected chi connectivity index (χ1v) is 12.6. The van der Waals surface area contributed by atoms with Crippen LogP contribution in [0, 0.1) is 20.8 Å². The van der Waals surface area contributed by atoms with Crippen LogP contribution in [0.2, 0.25) is 0 Å². The summed E-state index contributed by atoms with van der Waals surface area (Å²) in [5.41, 5.74) is 15.2. The molecule has 3 aromatic rings. The predicted molar refractivity (Wildman–Crippen MR) is 161 cm³/mol. The molecule has 3 rings (SSSR count). The topological polar surface area (TPSA) is 55.1 Å². The van der Waals surface area contributed by atoms with E-state index in [9.17, 15) is 4.79 Å². The molecule has 3 heteroatoms. The van der Waals surface area contributed by atoms with Crippen molar-refractivity contribution in [3.05, 3.63) is 94.0 Å². The second kappa shape index (κ2) is 15.8. The maximum atomic E-state index is 10.9. The highest BCUT2D eigenvalue weighted by molar-refractivity contribution is 5.88. The Kier molecular flexibility index (Phi) is 14.5. The monoisotopic (exact) mass is 490 g/mol. The van der Waals surface area contributed by atoms with Gasteiger partial charge in [0, 0.05) is 18.3 Å². The van der Waals surface area contributed by atoms with Crippen LogP contribution in [0.25, 0.3) is 0 Å². The number of anilines is 2. The average Bonchev–Trinajstić information content (AvgIpc) is 2.73. The molecule has 198 valence electrons. The summed E-state index contributed by atoms with van der Waals surface area (Å²) >= 11 is 0. The molecule has 0 unspecified atom stereocenters. The summed E-state index contributed by atoms with van der Waals surface area (Å²) in [7, 11) is 0. The van der Waals surface area contributed by atoms with Gasteiger partial charge in [0.1, 0.15) is 0 Å². The Hall–Kier alpha value is -3.07. The minimum Gasteiger partial charge on any atom is -0.399 e. The first kappa shape index (κ1) is 32.9. The fourth-order valence-electron chi connectivity index (χ4n) is 3.63. The summed E-state index contributed by atoms with van der Waals surface area (Å²) in [4.78, 5) is 10.9. The van der Waals surface area contributed by atoms with E-state index in [0.29, 0.717) is 17.8 Å². The number of nitrogens with one attached hydrogen (secondary N) is 1. The van der Waals surface area contributed by atoms with Crippen LogP contribution in [0.5, 0.6) is 0 Å². The van der Waals surface area contributed by atoms with Gasteiger partial charge in [0.25, 0.3) is 0 Å². The number of benzene rings is 3. The molecule has 0 aromatic heterocycles. The molecule has 3 N–H and O–H groups in total. The SMILES string of the molecule is C.CC(=O)Nc1cc(C)cc(C(C)C)c1.Cc1cc(N)cc(C(C)C)c1.Cc1cccc(C(C)C)c1. The van der Waals surface area contributed by atoms with Crippen LogP contribution < -0.4 is 11.1 Å². The van der Waals surface area contributed by atoms with Gasteiger partial charge in [0.2, 0.25) is 5.91 Å². The van der Waals surface area contributed by atoms with Crippen LogP contribution in [-0.2, 0) is 4.79 Å². The number of rotatable bonds is 4. The van der Waals surface area contributed by atoms with E-state index in [2.05, 4.69) is 97.1 Å². The van der Waals surface area contributed by atoms with E-state index in [1.165, 1.54) is 40.3 Å². The number of carbonyl (C=O) groups excluding carboxylic acids is 1. The molecule has 0 saturated carbocycles. The van der Waals surface area contributed by atoms with Gasteiger partial charge in [-0.25, -0.2) is 0 Å². The van der Waals surface area contributed by atoms with Crippen LogP contribution in [0.3, 0.4) is 0 Å². The van der Waals surface area contributed by atoms with Crippen LogP contribution >= 0.6 is 0 Å². The summed E-state index contributed by atoms with van der Waals surface area (Å²) in [6.07, 6.45) is 0. The fourth-order valence-corrected chi connectivity index (χ4v) is 3.63. The lowest BCUT2D eigenvalue weighted by molar-refractivity contribution is -0.114. The minimum atomic E-state index is -0.0229. The van der Waals surface area contributed by atoms with Crippen LogP contribution in [0.15, 0.2) is 60.7 Å². The zero-order valence-corrected chi connectivity index (χ0v) is 23.5. The van der Waals surface area contributed by atoms with Gasteiger partial charge in [-0.3, -0.25) is 4.79 Å². The number of hydrogen-bond acceptors (Lipinski definition) is 2. The van der Waals surface area contributed by atoms with Crippen LogP contribution in [-0.4, -0.2) is 5.91 Å². The van der Waals surface area contributed by atoms with E-state index in [-0.39, 0.29) is 13.3 Å². The summed E-state index contributed by atoms with van der Waals surface area (Å²) in [6.45, 7) is 20.8. The van der Waals surface area contributed by atoms with Crippen molar-refractivity contribution in [1.82, 2.24) is 0 Å². The van der Waals surface area contributed by atoms with Crippen molar-refractivity contribution in [2.45, 2.75) is 94.4 Å². The Morgan fingerprint density at radius 2 is 1.14 bits per heavy atom. The molecule has 0 aliphatic heterocycles. The lowest BCUT2D eigenvalue weighted by atomic mass is 10.0. The summed E-state index contributed by atoms with van der Waals surface area (Å²) in [6, 6.07) is 21.0. The zero-order valence-electron chi connectivity index (χ0n) is 23.5. The molecule has 0 aliphatic rings. The standard InChI is InChI=1S/C12H17NO.C10H15N.C10H14.CH4/c1-8(2)11-5-9(3)6-12(7-11)13-10(4)14;1-7(2)9-4-8(3)5-10(11)6-9;1-8(2)10-6-4-5-9(3)7-10;/h5-8H,1-4H3,(H,13,14);4-7H,11H2,1-3H3;4-8H,1-3H3;1H4. The van der Waals surface area contributed by atoms with Gasteiger partial charge in [0.05, 0.1) is 0 Å². The third-order valence-electron chi connectivity index (χ3n) is 5.58. The van der Waals surface area contributed by atoms with Gasteiger partial charge in [-0.05, 0) is 90.6 Å². The molecule has 0 fully saturated rings. The lowest BCUT2D eigenvalue weighted by Gasteiger charge is -2.10. The van der Waals surface area contributed by atoms with E-state index >= 15 is 0 Å². The Bertz CT molecular complexity index is 1060. The van der Waals surface area contributed by atoms with Crippen molar-refractivity contribution in [1.29, 1.82) is 0 Å². The van der Waals surface area contributed by atoms with E-state index < -0.39 is 0 Å². The van der Waals surface area contributed by atoms with Crippen molar-refractivity contribution in [2.75, 3.05) is 11.1 Å². The number of nitrogens with two attached hydrogens (primary N) is 1. The second-order valence-electron chi connectivity index (χ2n) is 10.4. The Balaban J connectivity index is 0.000000511. The number of hydrogen-bond donors (Lipinski definition) is 2. The van der Waals surface area contributed by atoms with Crippen molar-refractivity contribution in [3.63, 3.8) is 0 Å². The van der Waals surface area contributed by atoms with Gasteiger partial charge in [0.15, 0.2) is 0 Å². The molecule has 0 heterocycles. The number of carbonyl (C=O) groups is 1. The molecule has 0 saturated heterocycles. The average molecular weight is 491 g/mol. The highest BCUT2D eigenvalue weighted by atomic mass is 16.1. The zero-order chi connectivity index (χ0) is 26.7. The van der Waals surface area contributed by atoms with Crippen molar-refractivity contribution in [3.8, 4) is 0 Å². The molecule has 0 radical (unpaired) electrons. The normalized spacial score (nSPS) is 10.1. The first-order chi connectivity index (χ1) is 16.3. The summed E-state index contributed by atoms with van der Waals surface area (Å²) in [5, 5.41) is 2.80. The van der Waals surface area contributed by atoms with Gasteiger partial charge >= 0.3 is 0 Å². The molecule has 0 aliphatic carbocycles. The Morgan fingerprint density at radius 1 is 0.667 bits per heavy atom. The molecule has 0 spiro atoms. The number of amides is 1. The molecular formula is C33H50N2O. The Morgan fingerprint density at radius 3 is 1.56 bits per heavy atom. The van der Waals surface area contributed by atoms with Crippen molar-refractivity contribution >= 4 is 17.3 Å². The second-order valence-corrected chi connectivity index (χ2v) is 10.4. The van der Waals surface area contributed by atoms with Gasteiger partial charge in [-0.15, -0.1) is 0 Å². The van der Waals surface area contributed by atoms with Crippen LogP contribution in [0.1, 0.15) is 107 Å². The molecule has 0 bridgehead atoms. The molecule has 3 aromatic carbocycles. The maximum absolute atomic E-state index is 10.9. The number of nitrogen functional groups attached to an aromatic ring is 1. The summed E-state index contributed by atoms with van der Waals surface area (Å²) in [5.74, 6) is 1.69. The molecular weight excluding hydrogens is 440 g/mol. The quantitative estimate of drug-likeness (QED) is 0.358. The third-order valence-corrected chi connectivity index (χ3v) is 5.58. The van der Waals surface area contributed by atoms with E-state index in [0.717, 1.165) is 11.4 Å². The first-order valence-electron chi connectivity index (χ1n) is 12.6. The van der Waals surface area contributed by atoms with Gasteiger partial charge < -0.3 is 11.1 Å². The highest BCUT2D eigenvalue weighted by Gasteiger charge is 2.03. The summed E-state index contributed by atoms with van der Waals surface area (Å²) < 4.78 is 0. The van der Waals surface area contributed by atoms with E-state index in [4.69, 9.17) is 5.73 Å². The fraction of sp³-hybridized carbons (Fsp3) is 0.424.